The number of ether oxygens (including phenoxy) is 1. The highest BCUT2D eigenvalue weighted by Gasteiger charge is 2.33. The number of rotatable bonds is 2. The fourth-order valence-corrected chi connectivity index (χ4v) is 2.57. The lowest BCUT2D eigenvalue weighted by Gasteiger charge is -2.38. The van der Waals surface area contributed by atoms with Gasteiger partial charge in [-0.3, -0.25) is 9.48 Å². The standard InChI is InChI=1S/C15H18N4O2/c1-11-8-19(15(20)13-9-18(2)17-16-13)14(10-21-11)12-6-4-3-5-7-12/h3-7,9,11,14H,8,10H2,1-2H3. The van der Waals surface area contributed by atoms with E-state index in [9.17, 15) is 4.79 Å². The summed E-state index contributed by atoms with van der Waals surface area (Å²) in [7, 11) is 1.75. The van der Waals surface area contributed by atoms with Gasteiger partial charge in [0, 0.05) is 13.6 Å². The number of amides is 1. The Balaban J connectivity index is 1.90. The van der Waals surface area contributed by atoms with E-state index in [1.807, 2.05) is 42.2 Å². The number of aromatic nitrogens is 3. The van der Waals surface area contributed by atoms with E-state index >= 15 is 0 Å². The minimum Gasteiger partial charge on any atom is -0.374 e. The molecule has 6 heteroatoms. The summed E-state index contributed by atoms with van der Waals surface area (Å²) in [6.07, 6.45) is 1.66. The van der Waals surface area contributed by atoms with Crippen LogP contribution in [-0.4, -0.2) is 45.1 Å². The van der Waals surface area contributed by atoms with Crippen LogP contribution in [-0.2, 0) is 11.8 Å². The minimum absolute atomic E-state index is 0.0191. The van der Waals surface area contributed by atoms with Crippen LogP contribution in [0.4, 0.5) is 0 Å². The van der Waals surface area contributed by atoms with Gasteiger partial charge >= 0.3 is 0 Å². The summed E-state index contributed by atoms with van der Waals surface area (Å²) in [5.41, 5.74) is 1.44. The molecule has 1 aromatic heterocycles. The quantitative estimate of drug-likeness (QED) is 0.837. The number of carbonyl (C=O) groups is 1. The highest BCUT2D eigenvalue weighted by Crippen LogP contribution is 2.27. The number of aryl methyl sites for hydroxylation is 1. The Labute approximate surface area is 123 Å². The van der Waals surface area contributed by atoms with Gasteiger partial charge in [0.15, 0.2) is 5.69 Å². The third-order valence-corrected chi connectivity index (χ3v) is 3.64. The molecular formula is C15H18N4O2. The topological polar surface area (TPSA) is 60.2 Å². The molecule has 2 unspecified atom stereocenters. The van der Waals surface area contributed by atoms with E-state index < -0.39 is 0 Å². The molecule has 0 saturated carbocycles. The molecule has 1 aromatic carbocycles. The van der Waals surface area contributed by atoms with Gasteiger partial charge in [0.1, 0.15) is 0 Å². The molecule has 6 nitrogen and oxygen atoms in total. The van der Waals surface area contributed by atoms with Crippen molar-refractivity contribution in [3.8, 4) is 0 Å². The Morgan fingerprint density at radius 3 is 2.76 bits per heavy atom. The first kappa shape index (κ1) is 13.8. The lowest BCUT2D eigenvalue weighted by molar-refractivity contribution is -0.0449. The molecule has 21 heavy (non-hydrogen) atoms. The van der Waals surface area contributed by atoms with Gasteiger partial charge in [-0.2, -0.15) is 0 Å². The summed E-state index contributed by atoms with van der Waals surface area (Å²) in [6, 6.07) is 9.85. The maximum atomic E-state index is 12.7. The van der Waals surface area contributed by atoms with Crippen molar-refractivity contribution in [3.05, 3.63) is 47.8 Å². The lowest BCUT2D eigenvalue weighted by atomic mass is 10.0. The van der Waals surface area contributed by atoms with Crippen LogP contribution >= 0.6 is 0 Å². The molecule has 0 spiro atoms. The minimum atomic E-state index is -0.105. The summed E-state index contributed by atoms with van der Waals surface area (Å²) in [4.78, 5) is 14.5. The molecular weight excluding hydrogens is 268 g/mol. The molecule has 0 bridgehead atoms. The number of benzene rings is 1. The lowest BCUT2D eigenvalue weighted by Crippen LogP contribution is -2.46. The highest BCUT2D eigenvalue weighted by molar-refractivity contribution is 5.92. The predicted octanol–water partition coefficient (Wildman–Crippen LogP) is 1.42. The molecule has 1 amide bonds. The summed E-state index contributed by atoms with van der Waals surface area (Å²) in [6.45, 7) is 3.02. The predicted molar refractivity (Wildman–Crippen MR) is 76.6 cm³/mol. The summed E-state index contributed by atoms with van der Waals surface area (Å²) >= 11 is 0. The van der Waals surface area contributed by atoms with Crippen molar-refractivity contribution in [2.24, 2.45) is 7.05 Å². The first-order chi connectivity index (χ1) is 10.1. The molecule has 1 aliphatic heterocycles. The first-order valence-electron chi connectivity index (χ1n) is 6.99. The fourth-order valence-electron chi connectivity index (χ4n) is 2.57. The van der Waals surface area contributed by atoms with Crippen molar-refractivity contribution in [1.29, 1.82) is 0 Å². The maximum absolute atomic E-state index is 12.7. The molecule has 2 aromatic rings. The van der Waals surface area contributed by atoms with Gasteiger partial charge in [0.25, 0.3) is 5.91 Å². The SMILES string of the molecule is CC1CN(C(=O)c2cn(C)nn2)C(c2ccccc2)CO1. The average molecular weight is 286 g/mol. The van der Waals surface area contributed by atoms with Crippen LogP contribution in [0.15, 0.2) is 36.5 Å². The second-order valence-electron chi connectivity index (χ2n) is 5.31. The first-order valence-corrected chi connectivity index (χ1v) is 6.99. The van der Waals surface area contributed by atoms with E-state index in [0.29, 0.717) is 18.8 Å². The monoisotopic (exact) mass is 286 g/mol. The summed E-state index contributed by atoms with van der Waals surface area (Å²) in [5, 5.41) is 7.76. The molecule has 2 heterocycles. The maximum Gasteiger partial charge on any atom is 0.276 e. The highest BCUT2D eigenvalue weighted by atomic mass is 16.5. The van der Waals surface area contributed by atoms with Crippen LogP contribution in [0.2, 0.25) is 0 Å². The van der Waals surface area contributed by atoms with E-state index in [-0.39, 0.29) is 18.1 Å². The van der Waals surface area contributed by atoms with Crippen LogP contribution in [0.1, 0.15) is 29.0 Å². The van der Waals surface area contributed by atoms with Crippen LogP contribution < -0.4 is 0 Å². The van der Waals surface area contributed by atoms with Crippen molar-refractivity contribution in [3.63, 3.8) is 0 Å². The molecule has 1 saturated heterocycles. The Kier molecular flexibility index (Phi) is 3.70. The zero-order valence-electron chi connectivity index (χ0n) is 12.1. The Bertz CT molecular complexity index is 626. The average Bonchev–Trinajstić information content (AvgIpc) is 2.94. The number of carbonyl (C=O) groups excluding carboxylic acids is 1. The molecule has 2 atom stereocenters. The Morgan fingerprint density at radius 1 is 1.33 bits per heavy atom. The van der Waals surface area contributed by atoms with Gasteiger partial charge in [-0.05, 0) is 12.5 Å². The van der Waals surface area contributed by atoms with Crippen LogP contribution in [0.5, 0.6) is 0 Å². The normalized spacial score (nSPS) is 22.3. The van der Waals surface area contributed by atoms with E-state index in [1.54, 1.807) is 13.2 Å². The summed E-state index contributed by atoms with van der Waals surface area (Å²) in [5.74, 6) is -0.105. The smallest absolute Gasteiger partial charge is 0.276 e. The van der Waals surface area contributed by atoms with E-state index in [4.69, 9.17) is 4.74 Å². The number of morpholine rings is 1. The number of hydrogen-bond donors (Lipinski definition) is 0. The van der Waals surface area contributed by atoms with Crippen molar-refractivity contribution in [2.45, 2.75) is 19.1 Å². The molecule has 1 aliphatic rings. The van der Waals surface area contributed by atoms with Gasteiger partial charge in [-0.25, -0.2) is 0 Å². The van der Waals surface area contributed by atoms with Gasteiger partial charge in [0.05, 0.1) is 24.9 Å². The van der Waals surface area contributed by atoms with Gasteiger partial charge in [-0.15, -0.1) is 5.10 Å². The van der Waals surface area contributed by atoms with E-state index in [2.05, 4.69) is 10.3 Å². The van der Waals surface area contributed by atoms with Gasteiger partial charge in [-0.1, -0.05) is 35.5 Å². The zero-order chi connectivity index (χ0) is 14.8. The van der Waals surface area contributed by atoms with Gasteiger partial charge in [0.2, 0.25) is 0 Å². The fraction of sp³-hybridized carbons (Fsp3) is 0.400. The zero-order valence-corrected chi connectivity index (χ0v) is 12.1. The van der Waals surface area contributed by atoms with Crippen LogP contribution in [0.25, 0.3) is 0 Å². The second kappa shape index (κ2) is 5.65. The van der Waals surface area contributed by atoms with E-state index in [0.717, 1.165) is 5.56 Å². The third kappa shape index (κ3) is 2.80. The summed E-state index contributed by atoms with van der Waals surface area (Å²) < 4.78 is 7.27. The van der Waals surface area contributed by atoms with Crippen LogP contribution in [0, 0.1) is 0 Å². The van der Waals surface area contributed by atoms with Gasteiger partial charge < -0.3 is 9.64 Å². The molecule has 0 N–H and O–H groups in total. The van der Waals surface area contributed by atoms with Crippen molar-refractivity contribution >= 4 is 5.91 Å². The molecule has 3 rings (SSSR count). The molecule has 110 valence electrons. The molecule has 0 aliphatic carbocycles. The second-order valence-corrected chi connectivity index (χ2v) is 5.31. The largest absolute Gasteiger partial charge is 0.374 e. The Hall–Kier alpha value is -2.21. The number of hydrogen-bond acceptors (Lipinski definition) is 4. The van der Waals surface area contributed by atoms with Crippen molar-refractivity contribution in [2.75, 3.05) is 13.2 Å². The Morgan fingerprint density at radius 2 is 2.10 bits per heavy atom. The van der Waals surface area contributed by atoms with Crippen molar-refractivity contribution < 1.29 is 9.53 Å². The molecule has 1 fully saturated rings. The van der Waals surface area contributed by atoms with Crippen molar-refractivity contribution in [1.82, 2.24) is 19.9 Å². The third-order valence-electron chi connectivity index (χ3n) is 3.64. The van der Waals surface area contributed by atoms with Crippen LogP contribution in [0.3, 0.4) is 0 Å². The van der Waals surface area contributed by atoms with E-state index in [1.165, 1.54) is 4.68 Å². The molecule has 0 radical (unpaired) electrons. The number of nitrogens with zero attached hydrogens (tertiary/aromatic N) is 4.